The van der Waals surface area contributed by atoms with Gasteiger partial charge in [-0.25, -0.2) is 9.59 Å². The first-order valence-corrected chi connectivity index (χ1v) is 9.41. The van der Waals surface area contributed by atoms with E-state index in [0.29, 0.717) is 23.5 Å². The summed E-state index contributed by atoms with van der Waals surface area (Å²) in [6.07, 6.45) is 0. The monoisotopic (exact) mass is 417 g/mol. The maximum atomic E-state index is 13.2. The van der Waals surface area contributed by atoms with Crippen LogP contribution in [0.25, 0.3) is 0 Å². The molecule has 1 aromatic carbocycles. The highest BCUT2D eigenvalue weighted by atomic mass is 16.6. The van der Waals surface area contributed by atoms with Crippen LogP contribution in [0.1, 0.15) is 39.2 Å². The van der Waals surface area contributed by atoms with E-state index in [1.165, 1.54) is 25.3 Å². The number of benzene rings is 1. The van der Waals surface area contributed by atoms with Gasteiger partial charge < -0.3 is 20.1 Å². The molecule has 1 aliphatic rings. The van der Waals surface area contributed by atoms with Crippen molar-refractivity contribution in [3.05, 3.63) is 62.5 Å². The van der Waals surface area contributed by atoms with E-state index in [2.05, 4.69) is 10.6 Å². The van der Waals surface area contributed by atoms with Crippen molar-refractivity contribution in [1.82, 2.24) is 10.6 Å². The van der Waals surface area contributed by atoms with E-state index in [4.69, 9.17) is 9.47 Å². The Labute approximate surface area is 175 Å². The summed E-state index contributed by atoms with van der Waals surface area (Å²) >= 11 is 0. The van der Waals surface area contributed by atoms with E-state index in [0.717, 1.165) is 0 Å². The molecule has 0 aliphatic carbocycles. The van der Waals surface area contributed by atoms with Gasteiger partial charge in [0.05, 0.1) is 29.1 Å². The van der Waals surface area contributed by atoms with Crippen molar-refractivity contribution in [2.75, 3.05) is 20.7 Å². The van der Waals surface area contributed by atoms with Crippen molar-refractivity contribution in [2.24, 2.45) is 0 Å². The molecule has 0 aromatic heterocycles. The first-order chi connectivity index (χ1) is 14.0. The van der Waals surface area contributed by atoms with E-state index in [1.54, 1.807) is 40.8 Å². The van der Waals surface area contributed by atoms with Crippen molar-refractivity contribution < 1.29 is 24.0 Å². The topological polar surface area (TPSA) is 120 Å². The Morgan fingerprint density at radius 3 is 2.33 bits per heavy atom. The van der Waals surface area contributed by atoms with E-state index in [9.17, 15) is 19.7 Å². The van der Waals surface area contributed by atoms with Crippen LogP contribution in [0.5, 0.6) is 0 Å². The maximum absolute atomic E-state index is 13.2. The smallest absolute Gasteiger partial charge is 0.337 e. The number of ether oxygens (including phenoxy) is 2. The number of allylic oxidation sites excluding steroid dienone is 2. The number of dihydropyridines is 1. The second-order valence-electron chi connectivity index (χ2n) is 7.66. The third-order valence-corrected chi connectivity index (χ3v) is 4.77. The first-order valence-electron chi connectivity index (χ1n) is 9.41. The number of rotatable bonds is 7. The molecule has 30 heavy (non-hydrogen) atoms. The number of likely N-dealkylation sites (N-methyl/N-ethyl adjacent to an activating group) is 1. The number of non-ortho nitro benzene ring substituents is 1. The summed E-state index contributed by atoms with van der Waals surface area (Å²) in [5.74, 6) is -2.13. The molecule has 0 spiro atoms. The Bertz CT molecular complexity index is 932. The Morgan fingerprint density at radius 2 is 1.80 bits per heavy atom. The molecule has 0 bridgehead atoms. The van der Waals surface area contributed by atoms with Gasteiger partial charge in [-0.05, 0) is 40.3 Å². The van der Waals surface area contributed by atoms with Crippen molar-refractivity contribution in [3.63, 3.8) is 0 Å². The van der Waals surface area contributed by atoms with Gasteiger partial charge in [-0.15, -0.1) is 0 Å². The molecule has 0 radical (unpaired) electrons. The van der Waals surface area contributed by atoms with Crippen LogP contribution in [0.4, 0.5) is 5.69 Å². The zero-order valence-corrected chi connectivity index (χ0v) is 18.0. The van der Waals surface area contributed by atoms with Crippen LogP contribution in [0, 0.1) is 10.1 Å². The van der Waals surface area contributed by atoms with Crippen molar-refractivity contribution in [3.8, 4) is 0 Å². The number of carbonyl (C=O) groups excluding carboxylic acids is 2. The third-order valence-electron chi connectivity index (χ3n) is 4.77. The molecule has 9 nitrogen and oxygen atoms in total. The minimum absolute atomic E-state index is 0.145. The van der Waals surface area contributed by atoms with Gasteiger partial charge in [0, 0.05) is 30.1 Å². The van der Waals surface area contributed by atoms with E-state index in [-0.39, 0.29) is 16.8 Å². The van der Waals surface area contributed by atoms with Gasteiger partial charge in [-0.3, -0.25) is 10.1 Å². The lowest BCUT2D eigenvalue weighted by atomic mass is 9.80. The number of esters is 2. The number of hydrogen-bond donors (Lipinski definition) is 2. The average Bonchev–Trinajstić information content (AvgIpc) is 2.66. The second-order valence-corrected chi connectivity index (χ2v) is 7.66. The van der Waals surface area contributed by atoms with Gasteiger partial charge in [-0.1, -0.05) is 12.1 Å². The summed E-state index contributed by atoms with van der Waals surface area (Å²) in [5.41, 5.74) is 0.863. The highest BCUT2D eigenvalue weighted by Gasteiger charge is 2.39. The largest absolute Gasteiger partial charge is 0.466 e. The van der Waals surface area contributed by atoms with Gasteiger partial charge >= 0.3 is 11.9 Å². The second kappa shape index (κ2) is 9.08. The summed E-state index contributed by atoms with van der Waals surface area (Å²) in [6, 6.07) is 5.86. The molecule has 9 heteroatoms. The molecular formula is C21H27N3O6. The standard InChI is InChI=1S/C21H27N3O6/c1-12-16(19(25)29-6)18(14-8-7-9-15(10-14)24(27)28)17(13(2)23-12)20(26)30-21(3,4)11-22-5/h7-10,18,22-23H,11H2,1-6H3/t18-/m1/s1. The molecular weight excluding hydrogens is 390 g/mol. The Kier molecular flexibility index (Phi) is 6.99. The highest BCUT2D eigenvalue weighted by Crippen LogP contribution is 2.40. The molecule has 0 amide bonds. The van der Waals surface area contributed by atoms with Gasteiger partial charge in [0.2, 0.25) is 0 Å². The predicted molar refractivity (Wildman–Crippen MR) is 110 cm³/mol. The molecule has 0 saturated carbocycles. The number of methoxy groups -OCH3 is 1. The molecule has 2 N–H and O–H groups in total. The Balaban J connectivity index is 2.64. The number of nitro benzene ring substituents is 1. The Morgan fingerprint density at radius 1 is 1.20 bits per heavy atom. The van der Waals surface area contributed by atoms with E-state index < -0.39 is 28.4 Å². The summed E-state index contributed by atoms with van der Waals surface area (Å²) in [5, 5.41) is 17.3. The molecule has 0 saturated heterocycles. The molecule has 1 aromatic rings. The fourth-order valence-electron chi connectivity index (χ4n) is 3.56. The molecule has 1 heterocycles. The molecule has 1 aliphatic heterocycles. The predicted octanol–water partition coefficient (Wildman–Crippen LogP) is 2.54. The lowest BCUT2D eigenvalue weighted by molar-refractivity contribution is -0.384. The average molecular weight is 417 g/mol. The molecule has 2 rings (SSSR count). The summed E-state index contributed by atoms with van der Waals surface area (Å²) < 4.78 is 10.6. The first kappa shape index (κ1) is 23.1. The third kappa shape index (κ3) is 4.85. The van der Waals surface area contributed by atoms with Crippen LogP contribution < -0.4 is 10.6 Å². The van der Waals surface area contributed by atoms with Crippen LogP contribution >= 0.6 is 0 Å². The lowest BCUT2D eigenvalue weighted by Gasteiger charge is -2.32. The fraction of sp³-hybridized carbons (Fsp3) is 0.429. The maximum Gasteiger partial charge on any atom is 0.337 e. The van der Waals surface area contributed by atoms with Crippen LogP contribution in [0.3, 0.4) is 0 Å². The summed E-state index contributed by atoms with van der Waals surface area (Å²) in [7, 11) is 2.99. The van der Waals surface area contributed by atoms with Crippen molar-refractivity contribution in [1.29, 1.82) is 0 Å². The molecule has 1 atom stereocenters. The number of nitrogens with one attached hydrogen (secondary N) is 2. The summed E-state index contributed by atoms with van der Waals surface area (Å²) in [4.78, 5) is 36.6. The van der Waals surface area contributed by atoms with Gasteiger partial charge in [0.15, 0.2) is 0 Å². The SMILES string of the molecule is CNCC(C)(C)OC(=O)C1=C(C)NC(C)=C(C(=O)OC)[C@H]1c1cccc([N+](=O)[O-])c1. The quantitative estimate of drug-likeness (QED) is 0.395. The normalized spacial score (nSPS) is 16.8. The molecule has 0 fully saturated rings. The minimum atomic E-state index is -0.878. The van der Waals surface area contributed by atoms with E-state index in [1.807, 2.05) is 0 Å². The number of hydrogen-bond acceptors (Lipinski definition) is 8. The zero-order chi connectivity index (χ0) is 22.6. The van der Waals surface area contributed by atoms with Crippen LogP contribution in [-0.2, 0) is 19.1 Å². The van der Waals surface area contributed by atoms with Crippen LogP contribution in [-0.4, -0.2) is 43.2 Å². The van der Waals surface area contributed by atoms with Gasteiger partial charge in [0.1, 0.15) is 5.60 Å². The summed E-state index contributed by atoms with van der Waals surface area (Å²) in [6.45, 7) is 7.33. The Hall–Kier alpha value is -3.20. The zero-order valence-electron chi connectivity index (χ0n) is 18.0. The molecule has 0 unspecified atom stereocenters. The van der Waals surface area contributed by atoms with Crippen LogP contribution in [0.15, 0.2) is 46.8 Å². The van der Waals surface area contributed by atoms with Crippen molar-refractivity contribution in [2.45, 2.75) is 39.2 Å². The highest BCUT2D eigenvalue weighted by molar-refractivity contribution is 6.00. The van der Waals surface area contributed by atoms with Gasteiger partial charge in [0.25, 0.3) is 5.69 Å². The number of nitrogens with zero attached hydrogens (tertiary/aromatic N) is 1. The van der Waals surface area contributed by atoms with Gasteiger partial charge in [-0.2, -0.15) is 0 Å². The lowest BCUT2D eigenvalue weighted by Crippen LogP contribution is -2.40. The van der Waals surface area contributed by atoms with Crippen LogP contribution in [0.2, 0.25) is 0 Å². The number of carbonyl (C=O) groups is 2. The van der Waals surface area contributed by atoms with Crippen molar-refractivity contribution >= 4 is 17.6 Å². The van der Waals surface area contributed by atoms with E-state index >= 15 is 0 Å². The number of nitro groups is 1. The molecule has 162 valence electrons. The fourth-order valence-corrected chi connectivity index (χ4v) is 3.56. The minimum Gasteiger partial charge on any atom is -0.466 e.